The van der Waals surface area contributed by atoms with E-state index >= 15 is 0 Å². The number of hydrogen-bond acceptors (Lipinski definition) is 2. The van der Waals surface area contributed by atoms with E-state index in [0.717, 1.165) is 5.92 Å². The third-order valence-corrected chi connectivity index (χ3v) is 3.35. The molecule has 0 spiro atoms. The van der Waals surface area contributed by atoms with Crippen LogP contribution in [-0.2, 0) is 4.74 Å². The molecule has 0 saturated heterocycles. The van der Waals surface area contributed by atoms with E-state index < -0.39 is 13.0 Å². The summed E-state index contributed by atoms with van der Waals surface area (Å²) in [6.45, 7) is 5.13. The van der Waals surface area contributed by atoms with Gasteiger partial charge in [0.05, 0.1) is 6.61 Å². The molecule has 16 heavy (non-hydrogen) atoms. The monoisotopic (exact) mass is 235 g/mol. The van der Waals surface area contributed by atoms with Crippen LogP contribution in [0.1, 0.15) is 33.1 Å². The Morgan fingerprint density at radius 1 is 1.31 bits per heavy atom. The molecule has 4 heteroatoms. The Morgan fingerprint density at radius 3 is 2.75 bits per heavy atom. The average Bonchev–Trinajstić information content (AvgIpc) is 2.22. The van der Waals surface area contributed by atoms with E-state index in [9.17, 15) is 8.78 Å². The molecule has 0 radical (unpaired) electrons. The molecule has 1 N–H and O–H groups in total. The van der Waals surface area contributed by atoms with Crippen molar-refractivity contribution in [1.29, 1.82) is 0 Å². The van der Waals surface area contributed by atoms with Gasteiger partial charge in [0.15, 0.2) is 0 Å². The first-order chi connectivity index (χ1) is 7.59. The first-order valence-electron chi connectivity index (χ1n) is 6.19. The quantitative estimate of drug-likeness (QED) is 0.715. The Hall–Kier alpha value is -0.220. The van der Waals surface area contributed by atoms with Crippen LogP contribution in [0.4, 0.5) is 8.78 Å². The smallest absolute Gasteiger partial charge is 0.261 e. The summed E-state index contributed by atoms with van der Waals surface area (Å²) >= 11 is 0. The molecule has 1 fully saturated rings. The molecule has 3 atom stereocenters. The summed E-state index contributed by atoms with van der Waals surface area (Å²) in [6, 6.07) is 0.527. The zero-order chi connectivity index (χ0) is 12.0. The average molecular weight is 235 g/mol. The van der Waals surface area contributed by atoms with E-state index in [1.54, 1.807) is 0 Å². The molecular formula is C12H23F2NO. The third-order valence-electron chi connectivity index (χ3n) is 3.35. The van der Waals surface area contributed by atoms with Gasteiger partial charge in [-0.25, -0.2) is 8.78 Å². The maximum absolute atomic E-state index is 11.8. The Morgan fingerprint density at radius 2 is 2.06 bits per heavy atom. The lowest BCUT2D eigenvalue weighted by Gasteiger charge is -2.33. The molecule has 2 nitrogen and oxygen atoms in total. The largest absolute Gasteiger partial charge is 0.374 e. The summed E-state index contributed by atoms with van der Waals surface area (Å²) in [7, 11) is 0. The Kier molecular flexibility index (Phi) is 6.21. The van der Waals surface area contributed by atoms with Gasteiger partial charge in [0.25, 0.3) is 6.43 Å². The SMILES string of the molecule is CC1CCC(C)C(NCCOCC(F)F)C1. The Bertz CT molecular complexity index is 190. The molecule has 0 aromatic rings. The van der Waals surface area contributed by atoms with E-state index in [2.05, 4.69) is 19.2 Å². The van der Waals surface area contributed by atoms with Crippen molar-refractivity contribution in [2.45, 2.75) is 45.6 Å². The highest BCUT2D eigenvalue weighted by Crippen LogP contribution is 2.28. The van der Waals surface area contributed by atoms with Gasteiger partial charge in [0.2, 0.25) is 0 Å². The summed E-state index contributed by atoms with van der Waals surface area (Å²) in [6.07, 6.45) is 1.40. The van der Waals surface area contributed by atoms with E-state index in [4.69, 9.17) is 4.74 Å². The van der Waals surface area contributed by atoms with Crippen LogP contribution in [0.3, 0.4) is 0 Å². The summed E-state index contributed by atoms with van der Waals surface area (Å²) in [5, 5.41) is 3.41. The highest BCUT2D eigenvalue weighted by atomic mass is 19.3. The Balaban J connectivity index is 2.07. The van der Waals surface area contributed by atoms with Crippen molar-refractivity contribution in [3.63, 3.8) is 0 Å². The third kappa shape index (κ3) is 5.21. The molecule has 96 valence electrons. The van der Waals surface area contributed by atoms with Gasteiger partial charge < -0.3 is 10.1 Å². The molecule has 3 unspecified atom stereocenters. The first kappa shape index (κ1) is 13.8. The number of ether oxygens (including phenoxy) is 1. The normalized spacial score (nSPS) is 30.9. The number of halogens is 2. The fourth-order valence-electron chi connectivity index (χ4n) is 2.31. The van der Waals surface area contributed by atoms with Gasteiger partial charge in [0, 0.05) is 12.6 Å². The van der Waals surface area contributed by atoms with E-state index in [1.165, 1.54) is 19.3 Å². The first-order valence-corrected chi connectivity index (χ1v) is 6.19. The summed E-state index contributed by atoms with van der Waals surface area (Å²) in [5.74, 6) is 1.46. The second kappa shape index (κ2) is 7.17. The number of hydrogen-bond donors (Lipinski definition) is 1. The highest BCUT2D eigenvalue weighted by Gasteiger charge is 2.24. The fraction of sp³-hybridized carbons (Fsp3) is 1.00. The van der Waals surface area contributed by atoms with Crippen molar-refractivity contribution in [3.05, 3.63) is 0 Å². The molecule has 1 aliphatic carbocycles. The van der Waals surface area contributed by atoms with Crippen molar-refractivity contribution in [2.24, 2.45) is 11.8 Å². The second-order valence-electron chi connectivity index (χ2n) is 4.92. The molecule has 0 aromatic carbocycles. The molecular weight excluding hydrogens is 212 g/mol. The van der Waals surface area contributed by atoms with Gasteiger partial charge >= 0.3 is 0 Å². The molecule has 1 rings (SSSR count). The molecule has 0 aromatic heterocycles. The molecule has 1 saturated carbocycles. The lowest BCUT2D eigenvalue weighted by Crippen LogP contribution is -2.41. The Labute approximate surface area is 96.7 Å². The number of rotatable bonds is 6. The zero-order valence-electron chi connectivity index (χ0n) is 10.2. The second-order valence-corrected chi connectivity index (χ2v) is 4.92. The lowest BCUT2D eigenvalue weighted by molar-refractivity contribution is 0.0172. The van der Waals surface area contributed by atoms with Gasteiger partial charge in [-0.15, -0.1) is 0 Å². The van der Waals surface area contributed by atoms with Crippen molar-refractivity contribution in [1.82, 2.24) is 5.32 Å². The fourth-order valence-corrected chi connectivity index (χ4v) is 2.31. The van der Waals surface area contributed by atoms with Crippen LogP contribution in [0, 0.1) is 11.8 Å². The summed E-state index contributed by atoms with van der Waals surface area (Å²) < 4.78 is 28.4. The predicted molar refractivity (Wildman–Crippen MR) is 60.8 cm³/mol. The van der Waals surface area contributed by atoms with Crippen LogP contribution in [0.25, 0.3) is 0 Å². The van der Waals surface area contributed by atoms with Crippen LogP contribution < -0.4 is 5.32 Å². The molecule has 0 heterocycles. The standard InChI is InChI=1S/C12H23F2NO/c1-9-3-4-10(2)11(7-9)15-5-6-16-8-12(13)14/h9-12,15H,3-8H2,1-2H3. The van der Waals surface area contributed by atoms with E-state index in [-0.39, 0.29) is 0 Å². The van der Waals surface area contributed by atoms with Crippen LogP contribution >= 0.6 is 0 Å². The van der Waals surface area contributed by atoms with Gasteiger partial charge in [-0.3, -0.25) is 0 Å². The molecule has 0 bridgehead atoms. The molecule has 0 aliphatic heterocycles. The van der Waals surface area contributed by atoms with Gasteiger partial charge in [-0.2, -0.15) is 0 Å². The molecule has 0 amide bonds. The summed E-state index contributed by atoms with van der Waals surface area (Å²) in [5.41, 5.74) is 0. The zero-order valence-corrected chi connectivity index (χ0v) is 10.2. The van der Waals surface area contributed by atoms with E-state index in [1.807, 2.05) is 0 Å². The predicted octanol–water partition coefficient (Wildman–Crippen LogP) is 2.68. The van der Waals surface area contributed by atoms with Crippen molar-refractivity contribution >= 4 is 0 Å². The van der Waals surface area contributed by atoms with Crippen LogP contribution in [0.15, 0.2) is 0 Å². The minimum Gasteiger partial charge on any atom is -0.374 e. The van der Waals surface area contributed by atoms with Gasteiger partial charge in [0.1, 0.15) is 6.61 Å². The number of alkyl halides is 2. The van der Waals surface area contributed by atoms with Crippen LogP contribution in [-0.4, -0.2) is 32.2 Å². The number of nitrogens with one attached hydrogen (secondary N) is 1. The van der Waals surface area contributed by atoms with Gasteiger partial charge in [-0.05, 0) is 24.7 Å². The van der Waals surface area contributed by atoms with Crippen LogP contribution in [0.2, 0.25) is 0 Å². The maximum atomic E-state index is 11.8. The van der Waals surface area contributed by atoms with E-state index in [0.29, 0.717) is 25.1 Å². The van der Waals surface area contributed by atoms with Crippen molar-refractivity contribution in [2.75, 3.05) is 19.8 Å². The molecule has 1 aliphatic rings. The summed E-state index contributed by atoms with van der Waals surface area (Å²) in [4.78, 5) is 0. The van der Waals surface area contributed by atoms with Crippen molar-refractivity contribution < 1.29 is 13.5 Å². The van der Waals surface area contributed by atoms with Crippen molar-refractivity contribution in [3.8, 4) is 0 Å². The maximum Gasteiger partial charge on any atom is 0.261 e. The highest BCUT2D eigenvalue weighted by molar-refractivity contribution is 4.80. The topological polar surface area (TPSA) is 21.3 Å². The van der Waals surface area contributed by atoms with Gasteiger partial charge in [-0.1, -0.05) is 20.3 Å². The lowest BCUT2D eigenvalue weighted by atomic mass is 9.80. The minimum absolute atomic E-state index is 0.377. The van der Waals surface area contributed by atoms with Crippen LogP contribution in [0.5, 0.6) is 0 Å². The minimum atomic E-state index is -2.35.